The highest BCUT2D eigenvalue weighted by Gasteiger charge is 2.38. The summed E-state index contributed by atoms with van der Waals surface area (Å²) in [6, 6.07) is 0.503. The summed E-state index contributed by atoms with van der Waals surface area (Å²) >= 11 is 0. The maximum atomic E-state index is 6.04. The first-order chi connectivity index (χ1) is 9.27. The lowest BCUT2D eigenvalue weighted by Gasteiger charge is -2.43. The predicted octanol–water partition coefficient (Wildman–Crippen LogP) is 0.633. The minimum atomic E-state index is 0.0497. The van der Waals surface area contributed by atoms with E-state index >= 15 is 0 Å². The van der Waals surface area contributed by atoms with Gasteiger partial charge in [-0.3, -0.25) is 0 Å². The van der Waals surface area contributed by atoms with Crippen LogP contribution >= 0.6 is 0 Å². The molecule has 1 N–H and O–H groups in total. The molecule has 2 saturated heterocycles. The largest absolute Gasteiger partial charge is 0.381 e. The number of aryl methyl sites for hydroxylation is 1. The molecule has 1 aromatic heterocycles. The molecule has 1 aromatic rings. The van der Waals surface area contributed by atoms with Gasteiger partial charge in [-0.2, -0.15) is 0 Å². The Morgan fingerprint density at radius 3 is 3.00 bits per heavy atom. The maximum Gasteiger partial charge on any atom is 0.146 e. The lowest BCUT2D eigenvalue weighted by atomic mass is 9.84. The van der Waals surface area contributed by atoms with Crippen molar-refractivity contribution in [2.45, 2.75) is 43.9 Å². The Labute approximate surface area is 113 Å². The van der Waals surface area contributed by atoms with Gasteiger partial charge in [0.15, 0.2) is 0 Å². The van der Waals surface area contributed by atoms with Crippen LogP contribution in [0.25, 0.3) is 0 Å². The summed E-state index contributed by atoms with van der Waals surface area (Å²) in [5.41, 5.74) is 0.0497. The van der Waals surface area contributed by atoms with Gasteiger partial charge in [0.2, 0.25) is 0 Å². The minimum Gasteiger partial charge on any atom is -0.381 e. The first-order valence-electron chi connectivity index (χ1n) is 7.05. The Kier molecular flexibility index (Phi) is 3.81. The van der Waals surface area contributed by atoms with Gasteiger partial charge in [-0.05, 0) is 25.7 Å². The third kappa shape index (κ3) is 2.96. The van der Waals surface area contributed by atoms with Gasteiger partial charge < -0.3 is 19.4 Å². The van der Waals surface area contributed by atoms with E-state index in [1.807, 2.05) is 11.6 Å². The van der Waals surface area contributed by atoms with Crippen molar-refractivity contribution < 1.29 is 9.47 Å². The van der Waals surface area contributed by atoms with Crippen LogP contribution in [-0.4, -0.2) is 46.2 Å². The number of ether oxygens (including phenoxy) is 2. The van der Waals surface area contributed by atoms with Crippen molar-refractivity contribution in [1.29, 1.82) is 0 Å². The number of aromatic nitrogens is 3. The lowest BCUT2D eigenvalue weighted by molar-refractivity contribution is -0.140. The predicted molar refractivity (Wildman–Crippen MR) is 69.6 cm³/mol. The Bertz CT molecular complexity index is 409. The normalized spacial score (nSPS) is 26.7. The molecule has 0 aliphatic carbocycles. The second kappa shape index (κ2) is 5.56. The van der Waals surface area contributed by atoms with E-state index in [0.717, 1.165) is 57.9 Å². The Morgan fingerprint density at radius 2 is 2.26 bits per heavy atom. The van der Waals surface area contributed by atoms with Crippen LogP contribution in [0, 0.1) is 0 Å². The Hall–Kier alpha value is -0.980. The van der Waals surface area contributed by atoms with Gasteiger partial charge in [0, 0.05) is 32.9 Å². The molecule has 3 heterocycles. The van der Waals surface area contributed by atoms with E-state index in [4.69, 9.17) is 9.47 Å². The van der Waals surface area contributed by atoms with Crippen molar-refractivity contribution in [2.75, 3.05) is 19.8 Å². The van der Waals surface area contributed by atoms with E-state index in [2.05, 4.69) is 15.5 Å². The van der Waals surface area contributed by atoms with Crippen molar-refractivity contribution in [3.05, 3.63) is 12.2 Å². The average Bonchev–Trinajstić information content (AvgIpc) is 2.83. The van der Waals surface area contributed by atoms with Gasteiger partial charge in [0.25, 0.3) is 0 Å². The number of hydrogen-bond acceptors (Lipinski definition) is 5. The van der Waals surface area contributed by atoms with Crippen LogP contribution in [0.1, 0.15) is 31.5 Å². The summed E-state index contributed by atoms with van der Waals surface area (Å²) in [5.74, 6) is 0.979. The summed E-state index contributed by atoms with van der Waals surface area (Å²) in [5, 5.41) is 11.6. The van der Waals surface area contributed by atoms with Crippen molar-refractivity contribution >= 4 is 0 Å². The van der Waals surface area contributed by atoms with Crippen molar-refractivity contribution in [3.8, 4) is 0 Å². The van der Waals surface area contributed by atoms with E-state index in [0.29, 0.717) is 6.04 Å². The van der Waals surface area contributed by atoms with Gasteiger partial charge >= 0.3 is 0 Å². The zero-order valence-corrected chi connectivity index (χ0v) is 11.5. The van der Waals surface area contributed by atoms with Crippen LogP contribution in [0.15, 0.2) is 6.33 Å². The Morgan fingerprint density at radius 1 is 1.42 bits per heavy atom. The molecule has 2 fully saturated rings. The van der Waals surface area contributed by atoms with Crippen molar-refractivity contribution in [2.24, 2.45) is 7.05 Å². The molecule has 106 valence electrons. The molecule has 0 saturated carbocycles. The Balaban J connectivity index is 1.55. The van der Waals surface area contributed by atoms with Crippen LogP contribution in [0.5, 0.6) is 0 Å². The maximum absolute atomic E-state index is 6.04. The standard InChI is InChI=1S/C13H22N4O2/c1-17-10-15-16-12(17)9-14-11-2-5-19-13(8-11)3-6-18-7-4-13/h10-11,14H,2-9H2,1H3. The zero-order valence-electron chi connectivity index (χ0n) is 11.5. The SMILES string of the molecule is Cn1cnnc1CNC1CCOC2(CCOCC2)C1. The highest BCUT2D eigenvalue weighted by Crippen LogP contribution is 2.34. The van der Waals surface area contributed by atoms with Crippen molar-refractivity contribution in [1.82, 2.24) is 20.1 Å². The van der Waals surface area contributed by atoms with Gasteiger partial charge in [-0.15, -0.1) is 10.2 Å². The smallest absolute Gasteiger partial charge is 0.146 e. The first kappa shape index (κ1) is 13.0. The summed E-state index contributed by atoms with van der Waals surface area (Å²) < 4.78 is 13.4. The van der Waals surface area contributed by atoms with Gasteiger partial charge in [0.05, 0.1) is 12.1 Å². The van der Waals surface area contributed by atoms with E-state index in [9.17, 15) is 0 Å². The minimum absolute atomic E-state index is 0.0497. The molecule has 2 aliphatic rings. The van der Waals surface area contributed by atoms with Crippen LogP contribution < -0.4 is 5.32 Å². The molecule has 1 unspecified atom stereocenters. The average molecular weight is 266 g/mol. The number of nitrogens with zero attached hydrogens (tertiary/aromatic N) is 3. The summed E-state index contributed by atoms with van der Waals surface area (Å²) in [6.07, 6.45) is 5.93. The molecule has 0 aromatic carbocycles. The molecule has 0 bridgehead atoms. The quantitative estimate of drug-likeness (QED) is 0.869. The first-order valence-corrected chi connectivity index (χ1v) is 7.05. The van der Waals surface area contributed by atoms with Gasteiger partial charge in [-0.1, -0.05) is 0 Å². The number of nitrogens with one attached hydrogen (secondary N) is 1. The number of rotatable bonds is 3. The second-order valence-electron chi connectivity index (χ2n) is 5.57. The molecule has 1 spiro atoms. The molecular formula is C13H22N4O2. The number of hydrogen-bond donors (Lipinski definition) is 1. The van der Waals surface area contributed by atoms with Gasteiger partial charge in [0.1, 0.15) is 12.2 Å². The second-order valence-corrected chi connectivity index (χ2v) is 5.57. The van der Waals surface area contributed by atoms with E-state index in [-0.39, 0.29) is 5.60 Å². The molecule has 0 amide bonds. The molecule has 2 aliphatic heterocycles. The molecule has 19 heavy (non-hydrogen) atoms. The topological polar surface area (TPSA) is 61.2 Å². The fourth-order valence-corrected chi connectivity index (χ4v) is 3.00. The lowest BCUT2D eigenvalue weighted by Crippen LogP contribution is -2.49. The third-order valence-electron chi connectivity index (χ3n) is 4.25. The fraction of sp³-hybridized carbons (Fsp3) is 0.846. The fourth-order valence-electron chi connectivity index (χ4n) is 3.00. The molecule has 0 radical (unpaired) electrons. The van der Waals surface area contributed by atoms with Gasteiger partial charge in [-0.25, -0.2) is 0 Å². The molecule has 6 nitrogen and oxygen atoms in total. The highest BCUT2D eigenvalue weighted by atomic mass is 16.5. The monoisotopic (exact) mass is 266 g/mol. The molecular weight excluding hydrogens is 244 g/mol. The van der Waals surface area contributed by atoms with Crippen LogP contribution in [-0.2, 0) is 23.1 Å². The summed E-state index contributed by atoms with van der Waals surface area (Å²) in [7, 11) is 1.97. The van der Waals surface area contributed by atoms with E-state index < -0.39 is 0 Å². The van der Waals surface area contributed by atoms with Crippen LogP contribution in [0.4, 0.5) is 0 Å². The van der Waals surface area contributed by atoms with Crippen molar-refractivity contribution in [3.63, 3.8) is 0 Å². The summed E-state index contributed by atoms with van der Waals surface area (Å²) in [4.78, 5) is 0. The summed E-state index contributed by atoms with van der Waals surface area (Å²) in [6.45, 7) is 3.27. The van der Waals surface area contributed by atoms with Crippen LogP contribution in [0.2, 0.25) is 0 Å². The molecule has 1 atom stereocenters. The van der Waals surface area contributed by atoms with E-state index in [1.54, 1.807) is 6.33 Å². The third-order valence-corrected chi connectivity index (χ3v) is 4.25. The highest BCUT2D eigenvalue weighted by molar-refractivity contribution is 4.93. The molecule has 6 heteroatoms. The zero-order chi connectivity index (χ0) is 13.1. The molecule has 3 rings (SSSR count). The van der Waals surface area contributed by atoms with Crippen LogP contribution in [0.3, 0.4) is 0 Å². The van der Waals surface area contributed by atoms with E-state index in [1.165, 1.54) is 0 Å².